The number of hydrogen-bond acceptors (Lipinski definition) is 6. The molecule has 9 nitrogen and oxygen atoms in total. The smallest absolute Gasteiger partial charge is 0.234 e. The largest absolute Gasteiger partial charge is 0.330 e. The van der Waals surface area contributed by atoms with E-state index in [9.17, 15) is 26.4 Å². The van der Waals surface area contributed by atoms with E-state index in [1.165, 1.54) is 0 Å². The van der Waals surface area contributed by atoms with Gasteiger partial charge in [0.15, 0.2) is 0 Å². The van der Waals surface area contributed by atoms with Crippen LogP contribution in [-0.2, 0) is 29.6 Å². The molecule has 0 spiro atoms. The maximum Gasteiger partial charge on any atom is 0.234 e. The second-order valence-electron chi connectivity index (χ2n) is 12.0. The fourth-order valence-corrected chi connectivity index (χ4v) is 8.02. The normalized spacial score (nSPS) is 24.7. The molecule has 2 aromatic carbocycles. The van der Waals surface area contributed by atoms with E-state index in [2.05, 4.69) is 4.72 Å². The number of piperidine rings is 1. The first-order valence-corrected chi connectivity index (χ1v) is 18.0. The minimum atomic E-state index is -3.85. The summed E-state index contributed by atoms with van der Waals surface area (Å²) in [6.45, 7) is 5.21. The molecule has 13 heteroatoms. The number of benzene rings is 2. The molecule has 0 aromatic heterocycles. The van der Waals surface area contributed by atoms with Crippen LogP contribution in [0.15, 0.2) is 48.5 Å². The van der Waals surface area contributed by atoms with Gasteiger partial charge in [-0.3, -0.25) is 14.3 Å². The average molecular weight is 659 g/mol. The highest BCUT2D eigenvalue weighted by Gasteiger charge is 2.53. The monoisotopic (exact) mass is 657 g/mol. The van der Waals surface area contributed by atoms with Crippen LogP contribution < -0.4 is 9.44 Å². The Kier molecular flexibility index (Phi) is 9.41. The number of halogens is 2. The van der Waals surface area contributed by atoms with E-state index in [0.29, 0.717) is 29.3 Å². The van der Waals surface area contributed by atoms with Crippen molar-refractivity contribution in [3.8, 4) is 0 Å². The van der Waals surface area contributed by atoms with Gasteiger partial charge < -0.3 is 4.90 Å². The summed E-state index contributed by atoms with van der Waals surface area (Å²) in [5.41, 5.74) is 0.311. The molecule has 2 aromatic rings. The first-order chi connectivity index (χ1) is 19.5. The summed E-state index contributed by atoms with van der Waals surface area (Å²) in [6.07, 6.45) is 2.28. The zero-order valence-electron chi connectivity index (χ0n) is 24.1. The van der Waals surface area contributed by atoms with Gasteiger partial charge in [0.1, 0.15) is 0 Å². The quantitative estimate of drug-likeness (QED) is 0.358. The van der Waals surface area contributed by atoms with E-state index < -0.39 is 48.2 Å². The first-order valence-electron chi connectivity index (χ1n) is 13.8. The Balaban J connectivity index is 1.84. The van der Waals surface area contributed by atoms with Crippen molar-refractivity contribution in [3.05, 3.63) is 69.7 Å². The van der Waals surface area contributed by atoms with E-state index in [0.717, 1.165) is 17.4 Å². The van der Waals surface area contributed by atoms with Crippen molar-refractivity contribution in [2.75, 3.05) is 12.8 Å². The van der Waals surface area contributed by atoms with E-state index >= 15 is 0 Å². The fourth-order valence-electron chi connectivity index (χ4n) is 5.81. The lowest BCUT2D eigenvalue weighted by Gasteiger charge is -2.52. The predicted molar refractivity (Wildman–Crippen MR) is 164 cm³/mol. The third-order valence-electron chi connectivity index (χ3n) is 8.42. The summed E-state index contributed by atoms with van der Waals surface area (Å²) in [7, 11) is -7.47. The highest BCUT2D eigenvalue weighted by atomic mass is 35.5. The van der Waals surface area contributed by atoms with Crippen LogP contribution in [0.3, 0.4) is 0 Å². The predicted octanol–water partition coefficient (Wildman–Crippen LogP) is 4.77. The van der Waals surface area contributed by atoms with Crippen molar-refractivity contribution in [3.63, 3.8) is 0 Å². The molecule has 1 saturated heterocycles. The average Bonchev–Trinajstić information content (AvgIpc) is 3.65. The maximum atomic E-state index is 14.5. The number of nitrogens with zero attached hydrogens (tertiary/aromatic N) is 1. The highest BCUT2D eigenvalue weighted by molar-refractivity contribution is 7.91. The van der Waals surface area contributed by atoms with Gasteiger partial charge in [0.2, 0.25) is 31.9 Å². The van der Waals surface area contributed by atoms with Gasteiger partial charge in [-0.2, -0.15) is 0 Å². The molecule has 230 valence electrons. The van der Waals surface area contributed by atoms with Crippen molar-refractivity contribution in [2.24, 2.45) is 5.41 Å². The number of carbonyl (C=O) groups excluding carboxylic acids is 2. The molecular weight excluding hydrogens is 621 g/mol. The molecule has 0 bridgehead atoms. The summed E-state index contributed by atoms with van der Waals surface area (Å²) < 4.78 is 53.7. The molecule has 1 saturated carbocycles. The van der Waals surface area contributed by atoms with E-state index in [1.807, 2.05) is 42.0 Å². The molecule has 4 rings (SSSR count). The minimum absolute atomic E-state index is 0.0157. The van der Waals surface area contributed by atoms with Gasteiger partial charge in [-0.1, -0.05) is 61.3 Å². The fraction of sp³-hybridized carbons (Fsp3) is 0.517. The van der Waals surface area contributed by atoms with Crippen molar-refractivity contribution < 1.29 is 26.4 Å². The van der Waals surface area contributed by atoms with Gasteiger partial charge >= 0.3 is 0 Å². The lowest BCUT2D eigenvalue weighted by molar-refractivity contribution is -0.157. The van der Waals surface area contributed by atoms with Crippen LogP contribution in [0, 0.1) is 5.41 Å². The molecule has 2 N–H and O–H groups in total. The molecule has 2 amide bonds. The molecule has 1 aliphatic heterocycles. The first kappa shape index (κ1) is 32.7. The number of sulfonamides is 2. The summed E-state index contributed by atoms with van der Waals surface area (Å²) in [5.74, 6) is -1.53. The zero-order chi connectivity index (χ0) is 31.1. The van der Waals surface area contributed by atoms with Crippen LogP contribution in [0.25, 0.3) is 0 Å². The summed E-state index contributed by atoms with van der Waals surface area (Å²) >= 11 is 12.6. The van der Waals surface area contributed by atoms with Gasteiger partial charge in [-0.15, -0.1) is 0 Å². The maximum absolute atomic E-state index is 14.5. The number of amides is 2. The van der Waals surface area contributed by atoms with Crippen molar-refractivity contribution in [2.45, 2.75) is 75.6 Å². The van der Waals surface area contributed by atoms with Crippen LogP contribution in [0.2, 0.25) is 10.0 Å². The lowest BCUT2D eigenvalue weighted by atomic mass is 9.67. The Labute approximate surface area is 258 Å². The third kappa shape index (κ3) is 7.13. The molecule has 1 aliphatic carbocycles. The Hall–Kier alpha value is -2.18. The Morgan fingerprint density at radius 1 is 1.02 bits per heavy atom. The SMILES string of the molecule is CC[C@@H](CNS(=O)(=O)C1(C)CC1)N1C(=O)[C@@](C)(CC(=O)NS(C)(=O)=O)C[C@H](c2cccc(Cl)c2)[C@H]1c1ccc(Cl)cc1. The topological polar surface area (TPSA) is 130 Å². The molecule has 0 radical (unpaired) electrons. The van der Waals surface area contributed by atoms with E-state index in [-0.39, 0.29) is 31.2 Å². The summed E-state index contributed by atoms with van der Waals surface area (Å²) in [5, 5.41) is 1.02. The number of hydrogen-bond donors (Lipinski definition) is 2. The molecule has 4 atom stereocenters. The number of carbonyl (C=O) groups is 2. The highest BCUT2D eigenvalue weighted by Crippen LogP contribution is 2.52. The molecule has 42 heavy (non-hydrogen) atoms. The molecule has 2 fully saturated rings. The Bertz CT molecular complexity index is 1560. The van der Waals surface area contributed by atoms with E-state index in [1.54, 1.807) is 36.9 Å². The van der Waals surface area contributed by atoms with Gasteiger partial charge in [-0.25, -0.2) is 21.6 Å². The van der Waals surface area contributed by atoms with Gasteiger partial charge in [0.25, 0.3) is 0 Å². The molecular formula is C29H37Cl2N3O6S2. The third-order valence-corrected chi connectivity index (χ3v) is 11.8. The standard InChI is InChI=1S/C29H37Cl2N3O6S2/c1-5-23(18-32-42(39,40)29(3)13-14-29)34-26(19-9-11-21(30)12-10-19)24(20-7-6-8-22(31)15-20)16-28(2,27(34)36)17-25(35)33-41(4,37)38/h6-12,15,23-24,26,32H,5,13-14,16-18H2,1-4H3,(H,33,35)/t23-,24+,26+,28+/m0/s1. The van der Waals surface area contributed by atoms with Crippen molar-refractivity contribution in [1.82, 2.24) is 14.3 Å². The molecule has 1 heterocycles. The van der Waals surface area contributed by atoms with E-state index in [4.69, 9.17) is 23.2 Å². The van der Waals surface area contributed by atoms with Crippen molar-refractivity contribution >= 4 is 55.1 Å². The summed E-state index contributed by atoms with van der Waals surface area (Å²) in [6, 6.07) is 13.3. The van der Waals surface area contributed by atoms with Crippen LogP contribution in [0.4, 0.5) is 0 Å². The Morgan fingerprint density at radius 2 is 1.67 bits per heavy atom. The van der Waals surface area contributed by atoms with Gasteiger partial charge in [-0.05, 0) is 68.0 Å². The van der Waals surface area contributed by atoms with Crippen molar-refractivity contribution in [1.29, 1.82) is 0 Å². The second kappa shape index (κ2) is 12.1. The second-order valence-corrected chi connectivity index (χ2v) is 16.9. The number of rotatable bonds is 11. The van der Waals surface area contributed by atoms with Gasteiger partial charge in [0.05, 0.1) is 22.5 Å². The lowest BCUT2D eigenvalue weighted by Crippen LogP contribution is -2.58. The Morgan fingerprint density at radius 3 is 2.21 bits per heavy atom. The van der Waals surface area contributed by atoms with Crippen LogP contribution in [0.5, 0.6) is 0 Å². The number of nitrogens with one attached hydrogen (secondary N) is 2. The molecule has 0 unspecified atom stereocenters. The van der Waals surface area contributed by atoms with Crippen LogP contribution >= 0.6 is 23.2 Å². The summed E-state index contributed by atoms with van der Waals surface area (Å²) in [4.78, 5) is 29.1. The van der Waals surface area contributed by atoms with Crippen LogP contribution in [-0.4, -0.2) is 57.1 Å². The minimum Gasteiger partial charge on any atom is -0.330 e. The van der Waals surface area contributed by atoms with Gasteiger partial charge in [0, 0.05) is 35.0 Å². The zero-order valence-corrected chi connectivity index (χ0v) is 27.2. The number of likely N-dealkylation sites (tertiary alicyclic amines) is 1. The molecule has 2 aliphatic rings. The van der Waals surface area contributed by atoms with Crippen LogP contribution in [0.1, 0.15) is 76.0 Å².